The van der Waals surface area contributed by atoms with Crippen LogP contribution in [0, 0.1) is 11.5 Å². The normalized spacial score (nSPS) is 10.9. The zero-order valence-corrected chi connectivity index (χ0v) is 9.92. The molecule has 1 aromatic heterocycles. The zero-order chi connectivity index (χ0) is 10.6. The molecule has 0 bridgehead atoms. The molecule has 1 aromatic rings. The van der Waals surface area contributed by atoms with Crippen molar-refractivity contribution in [3.05, 3.63) is 23.7 Å². The fourth-order valence-electron chi connectivity index (χ4n) is 0.999. The average molecular weight is 208 g/mol. The lowest BCUT2D eigenvalue weighted by Crippen LogP contribution is -2.16. The molecule has 0 saturated carbocycles. The Morgan fingerprint density at radius 3 is 2.43 bits per heavy atom. The second-order valence-corrected chi connectivity index (χ2v) is 9.00. The van der Waals surface area contributed by atoms with E-state index >= 15 is 0 Å². The van der Waals surface area contributed by atoms with Crippen LogP contribution in [0.15, 0.2) is 16.5 Å². The van der Waals surface area contributed by atoms with Crippen LogP contribution in [0.1, 0.15) is 11.5 Å². The standard InChI is InChI=1S/C11H16O2Si/c1-14(2,3)8-4-5-10-6-7-11(9-12)13-10/h6-7,12H,5,9H2,1-3H3. The van der Waals surface area contributed by atoms with E-state index in [1.54, 1.807) is 6.07 Å². The van der Waals surface area contributed by atoms with Gasteiger partial charge in [-0.2, -0.15) is 0 Å². The highest BCUT2D eigenvalue weighted by molar-refractivity contribution is 6.83. The summed E-state index contributed by atoms with van der Waals surface area (Å²) in [5.41, 5.74) is 3.26. The summed E-state index contributed by atoms with van der Waals surface area (Å²) in [4.78, 5) is 0. The molecule has 1 heterocycles. The highest BCUT2D eigenvalue weighted by Gasteiger charge is 2.07. The van der Waals surface area contributed by atoms with Crippen LogP contribution < -0.4 is 0 Å². The van der Waals surface area contributed by atoms with E-state index in [2.05, 4.69) is 31.1 Å². The van der Waals surface area contributed by atoms with Crippen molar-refractivity contribution in [2.45, 2.75) is 32.7 Å². The minimum absolute atomic E-state index is 0.0402. The first-order valence-corrected chi connectivity index (χ1v) is 8.20. The Balaban J connectivity index is 2.56. The van der Waals surface area contributed by atoms with Gasteiger partial charge in [-0.3, -0.25) is 0 Å². The summed E-state index contributed by atoms with van der Waals surface area (Å²) in [7, 11) is -1.26. The summed E-state index contributed by atoms with van der Waals surface area (Å²) in [6, 6.07) is 3.65. The maximum atomic E-state index is 8.78. The van der Waals surface area contributed by atoms with Gasteiger partial charge in [-0.15, -0.1) is 11.5 Å². The van der Waals surface area contributed by atoms with Crippen molar-refractivity contribution < 1.29 is 9.52 Å². The lowest BCUT2D eigenvalue weighted by molar-refractivity contribution is 0.244. The van der Waals surface area contributed by atoms with E-state index in [0.29, 0.717) is 12.2 Å². The topological polar surface area (TPSA) is 33.4 Å². The quantitative estimate of drug-likeness (QED) is 0.597. The fourth-order valence-corrected chi connectivity index (χ4v) is 1.62. The van der Waals surface area contributed by atoms with Crippen molar-refractivity contribution >= 4 is 8.07 Å². The summed E-state index contributed by atoms with van der Waals surface area (Å²) in [6.45, 7) is 6.59. The largest absolute Gasteiger partial charge is 0.463 e. The van der Waals surface area contributed by atoms with Crippen LogP contribution in [-0.2, 0) is 13.0 Å². The van der Waals surface area contributed by atoms with Crippen molar-refractivity contribution in [3.8, 4) is 11.5 Å². The van der Waals surface area contributed by atoms with E-state index in [9.17, 15) is 0 Å². The van der Waals surface area contributed by atoms with Gasteiger partial charge in [-0.05, 0) is 12.1 Å². The van der Waals surface area contributed by atoms with E-state index in [1.807, 2.05) is 6.07 Å². The number of furan rings is 1. The Morgan fingerprint density at radius 2 is 1.93 bits per heavy atom. The van der Waals surface area contributed by atoms with Gasteiger partial charge >= 0.3 is 0 Å². The van der Waals surface area contributed by atoms with Gasteiger partial charge < -0.3 is 9.52 Å². The van der Waals surface area contributed by atoms with Crippen molar-refractivity contribution in [2.24, 2.45) is 0 Å². The third-order valence-electron chi connectivity index (χ3n) is 1.60. The second kappa shape index (κ2) is 4.49. The van der Waals surface area contributed by atoms with Gasteiger partial charge in [0.15, 0.2) is 0 Å². The first kappa shape index (κ1) is 11.1. The van der Waals surface area contributed by atoms with Crippen LogP contribution in [0.25, 0.3) is 0 Å². The Morgan fingerprint density at radius 1 is 1.29 bits per heavy atom. The van der Waals surface area contributed by atoms with Gasteiger partial charge in [0.1, 0.15) is 26.2 Å². The highest BCUT2D eigenvalue weighted by atomic mass is 28.3. The highest BCUT2D eigenvalue weighted by Crippen LogP contribution is 2.08. The Bertz CT molecular complexity index is 349. The minimum atomic E-state index is -1.26. The minimum Gasteiger partial charge on any atom is -0.463 e. The van der Waals surface area contributed by atoms with Crippen LogP contribution in [0.2, 0.25) is 19.6 Å². The van der Waals surface area contributed by atoms with E-state index in [-0.39, 0.29) is 6.61 Å². The van der Waals surface area contributed by atoms with Gasteiger partial charge in [0.05, 0.1) is 6.42 Å². The molecule has 0 aliphatic rings. The molecule has 3 heteroatoms. The molecule has 0 aliphatic carbocycles. The lowest BCUT2D eigenvalue weighted by Gasteiger charge is -2.02. The molecular formula is C11H16O2Si. The van der Waals surface area contributed by atoms with Crippen LogP contribution in [0.4, 0.5) is 0 Å². The number of hydrogen-bond acceptors (Lipinski definition) is 2. The predicted molar refractivity (Wildman–Crippen MR) is 59.5 cm³/mol. The third kappa shape index (κ3) is 3.82. The maximum absolute atomic E-state index is 8.78. The van der Waals surface area contributed by atoms with Crippen LogP contribution in [0.5, 0.6) is 0 Å². The van der Waals surface area contributed by atoms with Gasteiger partial charge in [-0.25, -0.2) is 0 Å². The lowest BCUT2D eigenvalue weighted by atomic mass is 10.3. The zero-order valence-electron chi connectivity index (χ0n) is 8.92. The molecule has 0 radical (unpaired) electrons. The Hall–Kier alpha value is -0.983. The van der Waals surface area contributed by atoms with Gasteiger partial charge in [0.25, 0.3) is 0 Å². The summed E-state index contributed by atoms with van der Waals surface area (Å²) in [5, 5.41) is 8.78. The summed E-state index contributed by atoms with van der Waals surface area (Å²) in [6.07, 6.45) is 0.643. The molecular weight excluding hydrogens is 192 g/mol. The van der Waals surface area contributed by atoms with Crippen LogP contribution in [0.3, 0.4) is 0 Å². The molecule has 0 aromatic carbocycles. The van der Waals surface area contributed by atoms with Crippen molar-refractivity contribution in [1.82, 2.24) is 0 Å². The molecule has 0 fully saturated rings. The molecule has 0 amide bonds. The molecule has 14 heavy (non-hydrogen) atoms. The SMILES string of the molecule is C[Si](C)(C)C#CCc1ccc(CO)o1. The fraction of sp³-hybridized carbons (Fsp3) is 0.455. The molecule has 0 unspecified atom stereocenters. The second-order valence-electron chi connectivity index (χ2n) is 4.25. The van der Waals surface area contributed by atoms with E-state index in [4.69, 9.17) is 9.52 Å². The monoisotopic (exact) mass is 208 g/mol. The van der Waals surface area contributed by atoms with Gasteiger partial charge in [0, 0.05) is 0 Å². The molecule has 76 valence electrons. The van der Waals surface area contributed by atoms with E-state index in [1.165, 1.54) is 0 Å². The number of rotatable bonds is 2. The molecule has 1 rings (SSSR count). The van der Waals surface area contributed by atoms with Crippen LogP contribution >= 0.6 is 0 Å². The smallest absolute Gasteiger partial charge is 0.129 e. The Labute approximate surface area is 86.0 Å². The third-order valence-corrected chi connectivity index (χ3v) is 2.53. The Kier molecular flexibility index (Phi) is 3.56. The van der Waals surface area contributed by atoms with Crippen molar-refractivity contribution in [2.75, 3.05) is 0 Å². The van der Waals surface area contributed by atoms with Gasteiger partial charge in [-0.1, -0.05) is 19.6 Å². The van der Waals surface area contributed by atoms with Crippen LogP contribution in [-0.4, -0.2) is 13.2 Å². The molecule has 0 saturated heterocycles. The summed E-state index contributed by atoms with van der Waals surface area (Å²) in [5.74, 6) is 4.55. The molecule has 2 nitrogen and oxygen atoms in total. The first-order chi connectivity index (χ1) is 6.51. The van der Waals surface area contributed by atoms with E-state index in [0.717, 1.165) is 5.76 Å². The van der Waals surface area contributed by atoms with Crippen molar-refractivity contribution in [1.29, 1.82) is 0 Å². The first-order valence-electron chi connectivity index (χ1n) is 4.70. The van der Waals surface area contributed by atoms with Gasteiger partial charge in [0.2, 0.25) is 0 Å². The molecule has 0 atom stereocenters. The number of aliphatic hydroxyl groups is 1. The number of hydrogen-bond donors (Lipinski definition) is 1. The summed E-state index contributed by atoms with van der Waals surface area (Å²) < 4.78 is 5.31. The molecule has 0 spiro atoms. The molecule has 0 aliphatic heterocycles. The average Bonchev–Trinajstić information content (AvgIpc) is 2.50. The molecule has 1 N–H and O–H groups in total. The van der Waals surface area contributed by atoms with E-state index < -0.39 is 8.07 Å². The summed E-state index contributed by atoms with van der Waals surface area (Å²) >= 11 is 0. The number of aliphatic hydroxyl groups excluding tert-OH is 1. The maximum Gasteiger partial charge on any atom is 0.129 e. The predicted octanol–water partition coefficient (Wildman–Crippen LogP) is 2.20. The van der Waals surface area contributed by atoms with Crippen molar-refractivity contribution in [3.63, 3.8) is 0 Å².